The molecule has 0 amide bonds. The van der Waals surface area contributed by atoms with Crippen molar-refractivity contribution in [3.05, 3.63) is 63.9 Å². The summed E-state index contributed by atoms with van der Waals surface area (Å²) >= 11 is 1.65. The Morgan fingerprint density at radius 2 is 2.05 bits per heavy atom. The summed E-state index contributed by atoms with van der Waals surface area (Å²) in [5.41, 5.74) is 3.50. The van der Waals surface area contributed by atoms with E-state index in [0.717, 1.165) is 36.5 Å². The molecule has 1 aliphatic rings. The molecule has 0 N–H and O–H groups in total. The van der Waals surface area contributed by atoms with Gasteiger partial charge in [-0.1, -0.05) is 36.4 Å². The molecule has 2 nitrogen and oxygen atoms in total. The van der Waals surface area contributed by atoms with E-state index in [0.29, 0.717) is 0 Å². The predicted octanol–water partition coefficient (Wildman–Crippen LogP) is 3.93. The van der Waals surface area contributed by atoms with Crippen LogP contribution in [-0.4, -0.2) is 18.0 Å². The average molecular weight is 280 g/mol. The predicted molar refractivity (Wildman–Crippen MR) is 83.2 cm³/mol. The average Bonchev–Trinajstić information content (AvgIpc) is 3.14. The highest BCUT2D eigenvalue weighted by Gasteiger charge is 2.21. The maximum atomic E-state index is 9.41. The van der Waals surface area contributed by atoms with Crippen molar-refractivity contribution in [2.45, 2.75) is 13.0 Å². The Labute approximate surface area is 123 Å². The molecule has 0 atom stereocenters. The van der Waals surface area contributed by atoms with Gasteiger partial charge in [-0.25, -0.2) is 0 Å². The summed E-state index contributed by atoms with van der Waals surface area (Å²) in [5.74, 6) is 0. The highest BCUT2D eigenvalue weighted by atomic mass is 32.1. The number of nitrogens with zero attached hydrogens (tertiary/aromatic N) is 2. The molecule has 1 aromatic carbocycles. The van der Waals surface area contributed by atoms with E-state index < -0.39 is 0 Å². The summed E-state index contributed by atoms with van der Waals surface area (Å²) < 4.78 is 0. The molecule has 1 saturated heterocycles. The summed E-state index contributed by atoms with van der Waals surface area (Å²) in [6.07, 6.45) is 1.01. The minimum absolute atomic E-state index is 0.885. The number of benzene rings is 1. The van der Waals surface area contributed by atoms with Crippen molar-refractivity contribution in [1.29, 1.82) is 5.26 Å². The Bertz CT molecular complexity index is 635. The first-order valence-electron chi connectivity index (χ1n) is 6.79. The van der Waals surface area contributed by atoms with Gasteiger partial charge in [0.2, 0.25) is 0 Å². The van der Waals surface area contributed by atoms with Gasteiger partial charge in [0, 0.05) is 24.5 Å². The van der Waals surface area contributed by atoms with Crippen LogP contribution in [0.3, 0.4) is 0 Å². The van der Waals surface area contributed by atoms with Crippen molar-refractivity contribution in [3.63, 3.8) is 0 Å². The van der Waals surface area contributed by atoms with E-state index in [1.54, 1.807) is 11.3 Å². The molecule has 3 rings (SSSR count). The Balaban J connectivity index is 1.75. The lowest BCUT2D eigenvalue weighted by Crippen LogP contribution is -2.18. The minimum Gasteiger partial charge on any atom is -0.295 e. The third-order valence-electron chi connectivity index (χ3n) is 3.63. The van der Waals surface area contributed by atoms with Gasteiger partial charge >= 0.3 is 0 Å². The molecule has 1 fully saturated rings. The Hall–Kier alpha value is -1.89. The lowest BCUT2D eigenvalue weighted by Gasteiger charge is -2.14. The fraction of sp³-hybridized carbons (Fsp3) is 0.235. The SMILES string of the molecule is N#C/C(=C1/CCN(Cc2ccccc2)C1)c1cccs1. The molecule has 3 heteroatoms. The molecule has 1 aromatic heterocycles. The molecule has 0 saturated carbocycles. The highest BCUT2D eigenvalue weighted by molar-refractivity contribution is 7.11. The fourth-order valence-corrected chi connectivity index (χ4v) is 3.40. The van der Waals surface area contributed by atoms with Crippen LogP contribution in [0.15, 0.2) is 53.4 Å². The van der Waals surface area contributed by atoms with E-state index in [4.69, 9.17) is 0 Å². The summed E-state index contributed by atoms with van der Waals surface area (Å²) in [7, 11) is 0. The van der Waals surface area contributed by atoms with Gasteiger partial charge in [0.1, 0.15) is 6.07 Å². The third kappa shape index (κ3) is 2.82. The molecule has 0 spiro atoms. The number of nitriles is 1. The normalized spacial score (nSPS) is 17.9. The minimum atomic E-state index is 0.885. The molecule has 0 aliphatic carbocycles. The van der Waals surface area contributed by atoms with Gasteiger partial charge in [-0.2, -0.15) is 5.26 Å². The molecule has 1 aliphatic heterocycles. The second-order valence-electron chi connectivity index (χ2n) is 5.01. The van der Waals surface area contributed by atoms with Crippen molar-refractivity contribution in [2.24, 2.45) is 0 Å². The summed E-state index contributed by atoms with van der Waals surface area (Å²) in [6, 6.07) is 17.0. The van der Waals surface area contributed by atoms with Crippen LogP contribution in [0.25, 0.3) is 5.57 Å². The van der Waals surface area contributed by atoms with Crippen LogP contribution < -0.4 is 0 Å². The van der Waals surface area contributed by atoms with Crippen molar-refractivity contribution >= 4 is 16.9 Å². The van der Waals surface area contributed by atoms with E-state index in [2.05, 4.69) is 35.2 Å². The maximum Gasteiger partial charge on any atom is 0.101 e. The summed E-state index contributed by atoms with van der Waals surface area (Å²) in [5, 5.41) is 11.4. The lowest BCUT2D eigenvalue weighted by atomic mass is 10.1. The first-order valence-corrected chi connectivity index (χ1v) is 7.67. The molecule has 0 bridgehead atoms. The van der Waals surface area contributed by atoms with E-state index in [1.165, 1.54) is 11.1 Å². The second-order valence-corrected chi connectivity index (χ2v) is 5.96. The van der Waals surface area contributed by atoms with E-state index in [1.807, 2.05) is 23.6 Å². The van der Waals surface area contributed by atoms with E-state index in [9.17, 15) is 5.26 Å². The van der Waals surface area contributed by atoms with Gasteiger partial charge in [-0.05, 0) is 29.0 Å². The zero-order valence-corrected chi connectivity index (χ0v) is 12.1. The van der Waals surface area contributed by atoms with E-state index >= 15 is 0 Å². The van der Waals surface area contributed by atoms with Crippen LogP contribution in [-0.2, 0) is 6.54 Å². The van der Waals surface area contributed by atoms with Crippen LogP contribution in [0.2, 0.25) is 0 Å². The highest BCUT2D eigenvalue weighted by Crippen LogP contribution is 2.29. The van der Waals surface area contributed by atoms with Crippen LogP contribution in [0.1, 0.15) is 16.9 Å². The molecule has 0 radical (unpaired) electrons. The zero-order valence-electron chi connectivity index (χ0n) is 11.2. The first kappa shape index (κ1) is 13.1. The lowest BCUT2D eigenvalue weighted by molar-refractivity contribution is 0.337. The van der Waals surface area contributed by atoms with Gasteiger partial charge in [0.15, 0.2) is 0 Å². The second kappa shape index (κ2) is 6.04. The third-order valence-corrected chi connectivity index (χ3v) is 4.51. The molecule has 0 unspecified atom stereocenters. The van der Waals surface area contributed by atoms with Crippen molar-refractivity contribution in [2.75, 3.05) is 13.1 Å². The van der Waals surface area contributed by atoms with Crippen LogP contribution in [0, 0.1) is 11.3 Å². The summed E-state index contributed by atoms with van der Waals surface area (Å²) in [4.78, 5) is 3.51. The van der Waals surface area contributed by atoms with Crippen molar-refractivity contribution in [1.82, 2.24) is 4.90 Å². The number of hydrogen-bond acceptors (Lipinski definition) is 3. The standard InChI is InChI=1S/C17H16N2S/c18-11-16(17-7-4-10-20-17)15-8-9-19(13-15)12-14-5-2-1-3-6-14/h1-7,10H,8-9,12-13H2/b16-15+. The molecular weight excluding hydrogens is 264 g/mol. The van der Waals surface area contributed by atoms with Crippen molar-refractivity contribution < 1.29 is 0 Å². The maximum absolute atomic E-state index is 9.41. The fourth-order valence-electron chi connectivity index (χ4n) is 2.63. The summed E-state index contributed by atoms with van der Waals surface area (Å²) in [6.45, 7) is 2.92. The van der Waals surface area contributed by atoms with Gasteiger partial charge < -0.3 is 0 Å². The molecular formula is C17H16N2S. The molecule has 100 valence electrons. The van der Waals surface area contributed by atoms with Gasteiger partial charge in [0.25, 0.3) is 0 Å². The topological polar surface area (TPSA) is 27.0 Å². The Morgan fingerprint density at radius 1 is 1.20 bits per heavy atom. The van der Waals surface area contributed by atoms with Crippen molar-refractivity contribution in [3.8, 4) is 6.07 Å². The van der Waals surface area contributed by atoms with E-state index in [-0.39, 0.29) is 0 Å². The number of hydrogen-bond donors (Lipinski definition) is 0. The Morgan fingerprint density at radius 3 is 2.75 bits per heavy atom. The first-order chi connectivity index (χ1) is 9.86. The quantitative estimate of drug-likeness (QED) is 0.796. The smallest absolute Gasteiger partial charge is 0.101 e. The molecule has 2 heterocycles. The number of likely N-dealkylation sites (tertiary alicyclic amines) is 1. The monoisotopic (exact) mass is 280 g/mol. The van der Waals surface area contributed by atoms with Crippen LogP contribution in [0.4, 0.5) is 0 Å². The largest absolute Gasteiger partial charge is 0.295 e. The number of thiophene rings is 1. The van der Waals surface area contributed by atoms with Crippen LogP contribution >= 0.6 is 11.3 Å². The molecule has 20 heavy (non-hydrogen) atoms. The Kier molecular flexibility index (Phi) is 3.96. The van der Waals surface area contributed by atoms with Gasteiger partial charge in [0.05, 0.1) is 5.57 Å². The number of allylic oxidation sites excluding steroid dienone is 1. The van der Waals surface area contributed by atoms with Gasteiger partial charge in [-0.15, -0.1) is 11.3 Å². The zero-order chi connectivity index (χ0) is 13.8. The van der Waals surface area contributed by atoms with Gasteiger partial charge in [-0.3, -0.25) is 4.90 Å². The number of rotatable bonds is 3. The molecule has 2 aromatic rings. The van der Waals surface area contributed by atoms with Crippen LogP contribution in [0.5, 0.6) is 0 Å².